The van der Waals surface area contributed by atoms with Gasteiger partial charge in [0.05, 0.1) is 5.39 Å². The molecular formula is C30H29N5. The third-order valence-electron chi connectivity index (χ3n) is 7.06. The average Bonchev–Trinajstić information content (AvgIpc) is 3.37. The lowest BCUT2D eigenvalue weighted by atomic mass is 9.76. The van der Waals surface area contributed by atoms with Crippen LogP contribution < -0.4 is 10.6 Å². The van der Waals surface area contributed by atoms with Crippen LogP contribution in [0.3, 0.4) is 0 Å². The highest BCUT2D eigenvalue weighted by atomic mass is 15.1. The van der Waals surface area contributed by atoms with Crippen LogP contribution in [0.2, 0.25) is 0 Å². The van der Waals surface area contributed by atoms with E-state index in [4.69, 9.17) is 4.98 Å². The van der Waals surface area contributed by atoms with Gasteiger partial charge in [0, 0.05) is 18.8 Å². The van der Waals surface area contributed by atoms with E-state index in [1.165, 1.54) is 23.1 Å². The van der Waals surface area contributed by atoms with Crippen molar-refractivity contribution in [3.8, 4) is 0 Å². The highest BCUT2D eigenvalue weighted by Gasteiger charge is 2.39. The number of nitrogens with one attached hydrogen (secondary N) is 2. The first kappa shape index (κ1) is 21.6. The number of hydrogen-bond acceptors (Lipinski definition) is 4. The molecular weight excluding hydrogens is 430 g/mol. The summed E-state index contributed by atoms with van der Waals surface area (Å²) in [5, 5.41) is 8.20. The molecule has 35 heavy (non-hydrogen) atoms. The zero-order valence-corrected chi connectivity index (χ0v) is 19.6. The van der Waals surface area contributed by atoms with Gasteiger partial charge in [-0.05, 0) is 42.1 Å². The molecule has 0 saturated carbocycles. The minimum atomic E-state index is -0.594. The van der Waals surface area contributed by atoms with Crippen LogP contribution in [0.1, 0.15) is 29.5 Å². The molecule has 6 rings (SSSR count). The summed E-state index contributed by atoms with van der Waals surface area (Å²) in [5.41, 5.74) is 3.85. The number of rotatable bonds is 6. The third kappa shape index (κ3) is 3.78. The van der Waals surface area contributed by atoms with Gasteiger partial charge in [-0.15, -0.1) is 0 Å². The third-order valence-corrected chi connectivity index (χ3v) is 7.06. The molecule has 0 radical (unpaired) electrons. The maximum Gasteiger partial charge on any atom is 0.146 e. The van der Waals surface area contributed by atoms with Crippen molar-refractivity contribution in [3.05, 3.63) is 126 Å². The molecule has 5 heteroatoms. The van der Waals surface area contributed by atoms with E-state index >= 15 is 0 Å². The Kier molecular flexibility index (Phi) is 5.76. The van der Waals surface area contributed by atoms with Crippen molar-refractivity contribution in [2.45, 2.75) is 24.4 Å². The quantitative estimate of drug-likeness (QED) is 0.332. The lowest BCUT2D eigenvalue weighted by Crippen LogP contribution is -2.38. The van der Waals surface area contributed by atoms with E-state index in [2.05, 4.69) is 123 Å². The first-order valence-electron chi connectivity index (χ1n) is 12.3. The van der Waals surface area contributed by atoms with Crippen molar-refractivity contribution in [2.75, 3.05) is 18.4 Å². The summed E-state index contributed by atoms with van der Waals surface area (Å²) in [6.45, 7) is 2.04. The SMILES string of the molecule is c1ccc(C(c2ccccc2)(c2ccccc2)n2ccc3c(N[C@@H]4CCCNC4)ncnc32)cc1. The summed E-state index contributed by atoms with van der Waals surface area (Å²) < 4.78 is 2.31. The molecule has 1 atom stereocenters. The van der Waals surface area contributed by atoms with Gasteiger partial charge in [0.25, 0.3) is 0 Å². The van der Waals surface area contributed by atoms with E-state index < -0.39 is 5.54 Å². The molecule has 1 aliphatic rings. The van der Waals surface area contributed by atoms with Crippen molar-refractivity contribution in [2.24, 2.45) is 0 Å². The fraction of sp³-hybridized carbons (Fsp3) is 0.200. The topological polar surface area (TPSA) is 54.8 Å². The van der Waals surface area contributed by atoms with E-state index in [-0.39, 0.29) is 0 Å². The van der Waals surface area contributed by atoms with Crippen LogP contribution in [0, 0.1) is 0 Å². The first-order valence-corrected chi connectivity index (χ1v) is 12.3. The summed E-state index contributed by atoms with van der Waals surface area (Å²) in [5.74, 6) is 0.894. The largest absolute Gasteiger partial charge is 0.365 e. The molecule has 174 valence electrons. The van der Waals surface area contributed by atoms with Gasteiger partial charge >= 0.3 is 0 Å². The van der Waals surface area contributed by atoms with Crippen molar-refractivity contribution in [1.82, 2.24) is 19.9 Å². The number of hydrogen-bond donors (Lipinski definition) is 2. The van der Waals surface area contributed by atoms with Crippen molar-refractivity contribution in [3.63, 3.8) is 0 Å². The Balaban J connectivity index is 1.61. The Bertz CT molecular complexity index is 1290. The molecule has 2 aromatic heterocycles. The molecule has 3 aromatic carbocycles. The monoisotopic (exact) mass is 459 g/mol. The molecule has 0 amide bonds. The summed E-state index contributed by atoms with van der Waals surface area (Å²) in [4.78, 5) is 9.48. The average molecular weight is 460 g/mol. The number of fused-ring (bicyclic) bond motifs is 1. The lowest BCUT2D eigenvalue weighted by molar-refractivity contribution is 0.479. The fourth-order valence-electron chi connectivity index (χ4n) is 5.46. The molecule has 0 bridgehead atoms. The molecule has 1 fully saturated rings. The summed E-state index contributed by atoms with van der Waals surface area (Å²) in [6.07, 6.45) is 6.16. The number of nitrogens with zero attached hydrogens (tertiary/aromatic N) is 3. The maximum atomic E-state index is 4.83. The van der Waals surface area contributed by atoms with Crippen molar-refractivity contribution < 1.29 is 0 Å². The molecule has 5 aromatic rings. The van der Waals surface area contributed by atoms with E-state index in [0.717, 1.165) is 36.4 Å². The number of anilines is 1. The van der Waals surface area contributed by atoms with Crippen LogP contribution in [-0.2, 0) is 5.54 Å². The van der Waals surface area contributed by atoms with Crippen LogP contribution in [0.25, 0.3) is 11.0 Å². The molecule has 2 N–H and O–H groups in total. The first-order chi connectivity index (χ1) is 17.4. The van der Waals surface area contributed by atoms with Crippen LogP contribution in [0.15, 0.2) is 110 Å². The van der Waals surface area contributed by atoms with Crippen LogP contribution >= 0.6 is 0 Å². The fourth-order valence-corrected chi connectivity index (χ4v) is 5.46. The number of benzene rings is 3. The smallest absolute Gasteiger partial charge is 0.146 e. The Labute approximate surface area is 205 Å². The second kappa shape index (κ2) is 9.35. The maximum absolute atomic E-state index is 4.83. The number of piperidine rings is 1. The van der Waals surface area contributed by atoms with Crippen LogP contribution in [0.5, 0.6) is 0 Å². The minimum absolute atomic E-state index is 0.368. The second-order valence-corrected chi connectivity index (χ2v) is 9.14. The normalized spacial score (nSPS) is 16.3. The Morgan fingerprint density at radius 1 is 0.771 bits per heavy atom. The standard InChI is InChI=1S/C30H29N5/c1-4-11-23(12-5-1)30(24-13-6-2-7-14-24,25-15-8-3-9-16-25)35-20-18-27-28(32-22-33-29(27)35)34-26-17-10-19-31-21-26/h1-9,11-16,18,20,22,26,31H,10,17,19,21H2,(H,32,33,34)/t26-/m1/s1. The van der Waals surface area contributed by atoms with E-state index in [0.29, 0.717) is 6.04 Å². The molecule has 5 nitrogen and oxygen atoms in total. The van der Waals surface area contributed by atoms with Crippen LogP contribution in [0.4, 0.5) is 5.82 Å². The van der Waals surface area contributed by atoms with Crippen molar-refractivity contribution >= 4 is 16.9 Å². The molecule has 0 aliphatic carbocycles. The summed E-state index contributed by atoms with van der Waals surface area (Å²) in [6, 6.07) is 34.6. The highest BCUT2D eigenvalue weighted by Crippen LogP contribution is 2.43. The Hall–Kier alpha value is -3.96. The highest BCUT2D eigenvalue weighted by molar-refractivity contribution is 5.88. The molecule has 1 aliphatic heterocycles. The predicted octanol–water partition coefficient (Wildman–Crippen LogP) is 5.44. The van der Waals surface area contributed by atoms with Crippen LogP contribution in [-0.4, -0.2) is 33.7 Å². The van der Waals surface area contributed by atoms with Gasteiger partial charge < -0.3 is 15.2 Å². The zero-order chi connectivity index (χ0) is 23.5. The van der Waals surface area contributed by atoms with Crippen molar-refractivity contribution in [1.29, 1.82) is 0 Å². The van der Waals surface area contributed by atoms with Gasteiger partial charge in [0.15, 0.2) is 0 Å². The van der Waals surface area contributed by atoms with E-state index in [9.17, 15) is 0 Å². The molecule has 0 unspecified atom stereocenters. The second-order valence-electron chi connectivity index (χ2n) is 9.14. The van der Waals surface area contributed by atoms with Gasteiger partial charge in [0.2, 0.25) is 0 Å². The van der Waals surface area contributed by atoms with Gasteiger partial charge in [-0.1, -0.05) is 91.0 Å². The minimum Gasteiger partial charge on any atom is -0.365 e. The zero-order valence-electron chi connectivity index (χ0n) is 19.6. The van der Waals surface area contributed by atoms with Gasteiger partial charge in [0.1, 0.15) is 23.3 Å². The van der Waals surface area contributed by atoms with E-state index in [1.807, 2.05) is 0 Å². The molecule has 0 spiro atoms. The van der Waals surface area contributed by atoms with Gasteiger partial charge in [-0.3, -0.25) is 0 Å². The Morgan fingerprint density at radius 3 is 1.91 bits per heavy atom. The summed E-state index contributed by atoms with van der Waals surface area (Å²) >= 11 is 0. The molecule has 3 heterocycles. The van der Waals surface area contributed by atoms with Gasteiger partial charge in [-0.25, -0.2) is 9.97 Å². The van der Waals surface area contributed by atoms with Gasteiger partial charge in [-0.2, -0.15) is 0 Å². The lowest BCUT2D eigenvalue weighted by Gasteiger charge is -2.38. The number of aromatic nitrogens is 3. The van der Waals surface area contributed by atoms with E-state index in [1.54, 1.807) is 6.33 Å². The molecule has 1 saturated heterocycles. The predicted molar refractivity (Wildman–Crippen MR) is 142 cm³/mol. The summed E-state index contributed by atoms with van der Waals surface area (Å²) in [7, 11) is 0. The Morgan fingerprint density at radius 2 is 1.37 bits per heavy atom.